The van der Waals surface area contributed by atoms with Gasteiger partial charge in [0.15, 0.2) is 0 Å². The first kappa shape index (κ1) is 19.1. The Balaban J connectivity index is 1.55. The van der Waals surface area contributed by atoms with E-state index in [0.717, 1.165) is 14.8 Å². The second kappa shape index (κ2) is 6.70. The second-order valence-corrected chi connectivity index (χ2v) is 8.86. The molecule has 29 heavy (non-hydrogen) atoms. The van der Waals surface area contributed by atoms with E-state index in [0.29, 0.717) is 5.69 Å². The Morgan fingerprint density at radius 3 is 2.24 bits per heavy atom. The van der Waals surface area contributed by atoms with Crippen molar-refractivity contribution < 1.29 is 22.8 Å². The molecule has 4 rings (SSSR count). The minimum absolute atomic E-state index is 0.0567. The molecule has 0 unspecified atom stereocenters. The van der Waals surface area contributed by atoms with E-state index in [9.17, 15) is 22.8 Å². The summed E-state index contributed by atoms with van der Waals surface area (Å²) in [4.78, 5) is 40.3. The summed E-state index contributed by atoms with van der Waals surface area (Å²) in [6, 6.07) is 11.9. The molecule has 0 bridgehead atoms. The van der Waals surface area contributed by atoms with Crippen LogP contribution < -0.4 is 4.90 Å². The van der Waals surface area contributed by atoms with Crippen molar-refractivity contribution in [3.05, 3.63) is 59.7 Å². The van der Waals surface area contributed by atoms with E-state index in [4.69, 9.17) is 0 Å². The molecule has 0 N–H and O–H groups in total. The topological polar surface area (TPSA) is 95.1 Å². The molecular formula is C20H19N3O5S. The number of benzene rings is 2. The number of urea groups is 1. The normalized spacial score (nSPS) is 20.6. The van der Waals surface area contributed by atoms with Crippen molar-refractivity contribution in [2.45, 2.75) is 24.8 Å². The summed E-state index contributed by atoms with van der Waals surface area (Å²) in [5.41, 5.74) is 1.70. The number of hydrogen-bond acceptors (Lipinski definition) is 5. The number of sulfonamides is 1. The fourth-order valence-electron chi connectivity index (χ4n) is 3.61. The summed E-state index contributed by atoms with van der Waals surface area (Å²) in [6.45, 7) is 3.04. The van der Waals surface area contributed by atoms with E-state index in [1.54, 1.807) is 31.2 Å². The molecule has 2 aliphatic rings. The number of carbonyl (C=O) groups excluding carboxylic acids is 3. The van der Waals surface area contributed by atoms with Crippen LogP contribution in [0.1, 0.15) is 22.8 Å². The van der Waals surface area contributed by atoms with Gasteiger partial charge in [-0.25, -0.2) is 17.5 Å². The molecule has 150 valence electrons. The van der Waals surface area contributed by atoms with Gasteiger partial charge in [0.25, 0.3) is 21.8 Å². The molecule has 1 saturated heterocycles. The van der Waals surface area contributed by atoms with E-state index >= 15 is 0 Å². The Bertz CT molecular complexity index is 1130. The lowest BCUT2D eigenvalue weighted by Crippen LogP contribution is -2.41. The second-order valence-electron chi connectivity index (χ2n) is 7.03. The van der Waals surface area contributed by atoms with Crippen molar-refractivity contribution >= 4 is 33.6 Å². The highest BCUT2D eigenvalue weighted by atomic mass is 32.2. The molecule has 0 saturated carbocycles. The lowest BCUT2D eigenvalue weighted by atomic mass is 10.2. The molecular weight excluding hydrogens is 394 g/mol. The molecule has 0 spiro atoms. The smallest absolute Gasteiger partial charge is 0.282 e. The van der Waals surface area contributed by atoms with Crippen LogP contribution in [0.2, 0.25) is 0 Å². The van der Waals surface area contributed by atoms with Crippen molar-refractivity contribution in [3.8, 4) is 0 Å². The Morgan fingerprint density at radius 2 is 1.59 bits per heavy atom. The molecule has 2 aliphatic heterocycles. The number of imide groups is 1. The molecule has 2 aromatic carbocycles. The first-order chi connectivity index (χ1) is 13.7. The number of rotatable bonds is 4. The van der Waals surface area contributed by atoms with E-state index < -0.39 is 33.9 Å². The molecule has 1 atom stereocenters. The van der Waals surface area contributed by atoms with Crippen molar-refractivity contribution in [1.82, 2.24) is 9.21 Å². The van der Waals surface area contributed by atoms with Gasteiger partial charge in [-0.15, -0.1) is 0 Å². The Labute approximate surface area is 168 Å². The molecule has 4 amide bonds. The predicted octanol–water partition coefficient (Wildman–Crippen LogP) is 2.00. The maximum atomic E-state index is 12.9. The summed E-state index contributed by atoms with van der Waals surface area (Å²) in [5, 5.41) is 0. The lowest BCUT2D eigenvalue weighted by Gasteiger charge is -2.21. The maximum Gasteiger partial charge on any atom is 0.332 e. The number of anilines is 1. The maximum absolute atomic E-state index is 12.9. The summed E-state index contributed by atoms with van der Waals surface area (Å²) >= 11 is 0. The van der Waals surface area contributed by atoms with Crippen molar-refractivity contribution in [2.75, 3.05) is 18.0 Å². The van der Waals surface area contributed by atoms with Gasteiger partial charge >= 0.3 is 6.03 Å². The van der Waals surface area contributed by atoms with Gasteiger partial charge in [-0.1, -0.05) is 29.8 Å². The van der Waals surface area contributed by atoms with Crippen LogP contribution in [-0.4, -0.2) is 54.6 Å². The first-order valence-electron chi connectivity index (χ1n) is 9.11. The number of nitrogens with zero attached hydrogens (tertiary/aromatic N) is 3. The third kappa shape index (κ3) is 2.89. The first-order valence-corrected chi connectivity index (χ1v) is 10.5. The Hall–Kier alpha value is -3.20. The van der Waals surface area contributed by atoms with Gasteiger partial charge in [-0.3, -0.25) is 19.4 Å². The number of aryl methyl sites for hydroxylation is 1. The SMILES string of the molecule is Cc1ccc(N2C(=O)N(CCN3C(=O)c4ccccc4S3(=O)=O)C(=O)[C@H]2C)cc1. The van der Waals surface area contributed by atoms with Gasteiger partial charge in [0.1, 0.15) is 10.9 Å². The Kier molecular flexibility index (Phi) is 4.42. The van der Waals surface area contributed by atoms with Gasteiger partial charge in [-0.2, -0.15) is 0 Å². The molecule has 8 nitrogen and oxygen atoms in total. The fraction of sp³-hybridized carbons (Fsp3) is 0.250. The minimum Gasteiger partial charge on any atom is -0.282 e. The molecule has 0 aromatic heterocycles. The van der Waals surface area contributed by atoms with Crippen molar-refractivity contribution in [3.63, 3.8) is 0 Å². The highest BCUT2D eigenvalue weighted by molar-refractivity contribution is 7.90. The summed E-state index contributed by atoms with van der Waals surface area (Å²) in [7, 11) is -3.99. The van der Waals surface area contributed by atoms with Crippen LogP contribution >= 0.6 is 0 Å². The van der Waals surface area contributed by atoms with E-state index in [-0.39, 0.29) is 23.5 Å². The number of hydrogen-bond donors (Lipinski definition) is 0. The van der Waals surface area contributed by atoms with E-state index in [2.05, 4.69) is 0 Å². The lowest BCUT2D eigenvalue weighted by molar-refractivity contribution is -0.126. The number of carbonyl (C=O) groups is 3. The average Bonchev–Trinajstić information content (AvgIpc) is 3.03. The molecule has 1 fully saturated rings. The van der Waals surface area contributed by atoms with Gasteiger partial charge in [0, 0.05) is 12.2 Å². The van der Waals surface area contributed by atoms with Crippen molar-refractivity contribution in [2.24, 2.45) is 0 Å². The number of fused-ring (bicyclic) bond motifs is 1. The van der Waals surface area contributed by atoms with E-state index in [1.165, 1.54) is 17.0 Å². The average molecular weight is 413 g/mol. The predicted molar refractivity (Wildman–Crippen MR) is 105 cm³/mol. The number of amides is 4. The van der Waals surface area contributed by atoms with Crippen LogP contribution in [0.25, 0.3) is 0 Å². The summed E-state index contributed by atoms with van der Waals surface area (Å²) in [5.74, 6) is -1.08. The van der Waals surface area contributed by atoms with Crippen molar-refractivity contribution in [1.29, 1.82) is 0 Å². The summed E-state index contributed by atoms with van der Waals surface area (Å²) < 4.78 is 26.0. The summed E-state index contributed by atoms with van der Waals surface area (Å²) in [6.07, 6.45) is 0. The highest BCUT2D eigenvalue weighted by Crippen LogP contribution is 2.30. The minimum atomic E-state index is -3.99. The van der Waals surface area contributed by atoms with Crippen LogP contribution in [0.5, 0.6) is 0 Å². The standard InChI is InChI=1S/C20H19N3O5S/c1-13-7-9-15(10-8-13)23-14(2)18(24)21(20(23)26)11-12-22-19(25)16-5-3-4-6-17(16)29(22,27)28/h3-10,14H,11-12H2,1-2H3/t14-/m1/s1. The van der Waals surface area contributed by atoms with Crippen LogP contribution in [0.15, 0.2) is 53.4 Å². The third-order valence-electron chi connectivity index (χ3n) is 5.20. The fourth-order valence-corrected chi connectivity index (χ4v) is 5.17. The zero-order valence-corrected chi connectivity index (χ0v) is 16.7. The molecule has 2 heterocycles. The van der Waals surface area contributed by atoms with Crippen LogP contribution in [0, 0.1) is 6.92 Å². The monoisotopic (exact) mass is 413 g/mol. The van der Waals surface area contributed by atoms with Crippen LogP contribution in [0.4, 0.5) is 10.5 Å². The molecule has 9 heteroatoms. The molecule has 2 aromatic rings. The van der Waals surface area contributed by atoms with Crippen LogP contribution in [-0.2, 0) is 14.8 Å². The molecule has 0 aliphatic carbocycles. The highest BCUT2D eigenvalue weighted by Gasteiger charge is 2.45. The third-order valence-corrected chi connectivity index (χ3v) is 7.04. The van der Waals surface area contributed by atoms with Gasteiger partial charge in [0.05, 0.1) is 12.1 Å². The van der Waals surface area contributed by atoms with E-state index in [1.807, 2.05) is 19.1 Å². The largest absolute Gasteiger partial charge is 0.332 e. The zero-order chi connectivity index (χ0) is 20.9. The van der Waals surface area contributed by atoms with Crippen LogP contribution in [0.3, 0.4) is 0 Å². The zero-order valence-electron chi connectivity index (χ0n) is 15.9. The van der Waals surface area contributed by atoms with Gasteiger partial charge in [0.2, 0.25) is 0 Å². The molecule has 0 radical (unpaired) electrons. The van der Waals surface area contributed by atoms with Gasteiger partial charge < -0.3 is 0 Å². The Morgan fingerprint density at radius 1 is 0.931 bits per heavy atom. The van der Waals surface area contributed by atoms with Gasteiger partial charge in [-0.05, 0) is 38.1 Å². The quantitative estimate of drug-likeness (QED) is 0.715.